The molecule has 3 saturated heterocycles. The summed E-state index contributed by atoms with van der Waals surface area (Å²) < 4.78 is 4.70. The van der Waals surface area contributed by atoms with Crippen LogP contribution in [0.2, 0.25) is 0 Å². The van der Waals surface area contributed by atoms with Gasteiger partial charge in [-0.3, -0.25) is 14.4 Å². The van der Waals surface area contributed by atoms with Crippen molar-refractivity contribution in [2.75, 3.05) is 19.8 Å². The van der Waals surface area contributed by atoms with Gasteiger partial charge in [0, 0.05) is 18.3 Å². The fraction of sp³-hybridized carbons (Fsp3) is 0.552. The molecule has 7 atom stereocenters. The number of esters is 1. The van der Waals surface area contributed by atoms with Crippen LogP contribution in [0.5, 0.6) is 0 Å². The number of likely N-dealkylation sites (tertiary alicyclic amines) is 1. The molecule has 0 aliphatic carbocycles. The van der Waals surface area contributed by atoms with Crippen LogP contribution in [0.15, 0.2) is 55.6 Å². The van der Waals surface area contributed by atoms with E-state index in [2.05, 4.69) is 13.2 Å². The van der Waals surface area contributed by atoms with Crippen molar-refractivity contribution in [2.45, 2.75) is 61.7 Å². The normalized spacial score (nSPS) is 29.5. The predicted molar refractivity (Wildman–Crippen MR) is 144 cm³/mol. The maximum absolute atomic E-state index is 14.5. The summed E-state index contributed by atoms with van der Waals surface area (Å²) in [6.07, 6.45) is 5.37. The molecule has 0 saturated carbocycles. The number of carbonyl (C=O) groups is 3. The molecule has 8 heteroatoms. The number of aliphatic hydroxyl groups excluding tert-OH is 1. The zero-order valence-corrected chi connectivity index (χ0v) is 22.6. The van der Waals surface area contributed by atoms with Gasteiger partial charge in [-0.1, -0.05) is 69.3 Å². The van der Waals surface area contributed by atoms with Crippen LogP contribution in [0.4, 0.5) is 0 Å². The number of amides is 2. The lowest BCUT2D eigenvalue weighted by molar-refractivity contribution is -0.154. The summed E-state index contributed by atoms with van der Waals surface area (Å²) in [6.45, 7) is 12.1. The second-order valence-corrected chi connectivity index (χ2v) is 11.9. The minimum absolute atomic E-state index is 0.0187. The standard InChI is InChI=1S/C29H38N2O5S/c1-5-15-30(17-20-11-9-8-10-12-20)27(34)25-29-14-13-22(37-29)23(28(35)36-16-6-2)24(29)26(33)31(25)21(18-32)19(4)7-3/h5-6,8-12,19,21-25,32H,1-2,7,13-18H2,3-4H3/t19-,21-,22+,23-,24-,25?,29?/m0/s1. The highest BCUT2D eigenvalue weighted by atomic mass is 32.2. The highest BCUT2D eigenvalue weighted by Gasteiger charge is 2.75. The Labute approximate surface area is 223 Å². The molecule has 3 fully saturated rings. The Balaban J connectivity index is 1.77. The average Bonchev–Trinajstić information content (AvgIpc) is 3.55. The fourth-order valence-corrected chi connectivity index (χ4v) is 8.60. The number of thioether (sulfide) groups is 1. The number of hydrogen-bond donors (Lipinski definition) is 1. The van der Waals surface area contributed by atoms with E-state index in [4.69, 9.17) is 4.74 Å². The lowest BCUT2D eigenvalue weighted by Crippen LogP contribution is -2.58. The molecule has 7 nitrogen and oxygen atoms in total. The SMILES string of the molecule is C=CCOC(=O)[C@@H]1[C@H]2C(=O)N([C@@H](CO)[C@@H](C)CC)C(C(=O)N(CC=C)Cc3ccccc3)C23CC[C@H]1S3. The Kier molecular flexibility index (Phi) is 8.49. The second kappa shape index (κ2) is 11.4. The average molecular weight is 527 g/mol. The molecule has 200 valence electrons. The van der Waals surface area contributed by atoms with Gasteiger partial charge in [-0.05, 0) is 24.3 Å². The van der Waals surface area contributed by atoms with Crippen molar-refractivity contribution in [3.05, 3.63) is 61.2 Å². The van der Waals surface area contributed by atoms with E-state index in [-0.39, 0.29) is 36.2 Å². The van der Waals surface area contributed by atoms with Crippen LogP contribution in [0, 0.1) is 17.8 Å². The van der Waals surface area contributed by atoms with Gasteiger partial charge in [0.15, 0.2) is 0 Å². The Morgan fingerprint density at radius 2 is 2.03 bits per heavy atom. The van der Waals surface area contributed by atoms with Gasteiger partial charge in [0.25, 0.3) is 0 Å². The Morgan fingerprint density at radius 3 is 2.65 bits per heavy atom. The van der Waals surface area contributed by atoms with Crippen molar-refractivity contribution < 1.29 is 24.2 Å². The first-order valence-electron chi connectivity index (χ1n) is 13.2. The van der Waals surface area contributed by atoms with E-state index in [9.17, 15) is 19.5 Å². The molecule has 2 bridgehead atoms. The highest BCUT2D eigenvalue weighted by Crippen LogP contribution is 2.67. The number of aliphatic hydroxyl groups is 1. The molecule has 37 heavy (non-hydrogen) atoms. The summed E-state index contributed by atoms with van der Waals surface area (Å²) in [5.41, 5.74) is 0.984. The smallest absolute Gasteiger partial charge is 0.311 e. The molecule has 1 spiro atoms. The van der Waals surface area contributed by atoms with E-state index >= 15 is 0 Å². The zero-order valence-electron chi connectivity index (χ0n) is 21.8. The van der Waals surface area contributed by atoms with Gasteiger partial charge in [0.2, 0.25) is 11.8 Å². The molecular weight excluding hydrogens is 488 g/mol. The van der Waals surface area contributed by atoms with E-state index in [0.717, 1.165) is 18.4 Å². The summed E-state index contributed by atoms with van der Waals surface area (Å²) >= 11 is 1.61. The first-order chi connectivity index (χ1) is 17.8. The zero-order chi connectivity index (χ0) is 26.7. The second-order valence-electron chi connectivity index (χ2n) is 10.3. The number of fused-ring (bicyclic) bond motifs is 1. The van der Waals surface area contributed by atoms with Crippen molar-refractivity contribution in [3.63, 3.8) is 0 Å². The van der Waals surface area contributed by atoms with Gasteiger partial charge in [-0.15, -0.1) is 18.3 Å². The largest absolute Gasteiger partial charge is 0.461 e. The molecule has 4 rings (SSSR count). The summed E-state index contributed by atoms with van der Waals surface area (Å²) in [5.74, 6) is -2.05. The molecular formula is C29H38N2O5S. The predicted octanol–water partition coefficient (Wildman–Crippen LogP) is 3.43. The molecule has 1 N–H and O–H groups in total. The summed E-state index contributed by atoms with van der Waals surface area (Å²) in [6, 6.07) is 8.46. The van der Waals surface area contributed by atoms with Gasteiger partial charge in [0.1, 0.15) is 12.6 Å². The van der Waals surface area contributed by atoms with Gasteiger partial charge >= 0.3 is 5.97 Å². The van der Waals surface area contributed by atoms with Crippen LogP contribution in [0.3, 0.4) is 0 Å². The van der Waals surface area contributed by atoms with Crippen LogP contribution < -0.4 is 0 Å². The molecule has 3 heterocycles. The van der Waals surface area contributed by atoms with Crippen LogP contribution >= 0.6 is 11.8 Å². The minimum atomic E-state index is -0.771. The summed E-state index contributed by atoms with van der Waals surface area (Å²) in [5, 5.41) is 10.4. The van der Waals surface area contributed by atoms with Gasteiger partial charge in [-0.25, -0.2) is 0 Å². The molecule has 0 aromatic heterocycles. The fourth-order valence-electron chi connectivity index (χ4n) is 6.41. The number of carbonyl (C=O) groups excluding carboxylic acids is 3. The summed E-state index contributed by atoms with van der Waals surface area (Å²) in [7, 11) is 0. The van der Waals surface area contributed by atoms with Crippen LogP contribution in [0.1, 0.15) is 38.7 Å². The minimum Gasteiger partial charge on any atom is -0.461 e. The molecule has 1 aromatic carbocycles. The lowest BCUT2D eigenvalue weighted by atomic mass is 9.71. The van der Waals surface area contributed by atoms with Crippen molar-refractivity contribution in [2.24, 2.45) is 17.8 Å². The van der Waals surface area contributed by atoms with Crippen LogP contribution in [-0.2, 0) is 25.7 Å². The quantitative estimate of drug-likeness (QED) is 0.332. The van der Waals surface area contributed by atoms with Crippen molar-refractivity contribution >= 4 is 29.5 Å². The van der Waals surface area contributed by atoms with Crippen molar-refractivity contribution in [1.82, 2.24) is 9.80 Å². The summed E-state index contributed by atoms with van der Waals surface area (Å²) in [4.78, 5) is 45.2. The molecule has 3 aliphatic heterocycles. The third kappa shape index (κ3) is 4.74. The van der Waals surface area contributed by atoms with E-state index in [1.807, 2.05) is 44.2 Å². The molecule has 3 aliphatic rings. The first kappa shape index (κ1) is 27.5. The first-order valence-corrected chi connectivity index (χ1v) is 14.0. The van der Waals surface area contributed by atoms with Crippen LogP contribution in [-0.4, -0.2) is 74.5 Å². The number of benzene rings is 1. The number of ether oxygens (including phenoxy) is 1. The Bertz CT molecular complexity index is 1030. The molecule has 0 radical (unpaired) electrons. The number of nitrogens with zero attached hydrogens (tertiary/aromatic N) is 2. The number of hydrogen-bond acceptors (Lipinski definition) is 6. The molecule has 1 aromatic rings. The van der Waals surface area contributed by atoms with E-state index < -0.39 is 34.6 Å². The Morgan fingerprint density at radius 1 is 1.30 bits per heavy atom. The van der Waals surface area contributed by atoms with Crippen molar-refractivity contribution in [3.8, 4) is 0 Å². The van der Waals surface area contributed by atoms with Crippen LogP contribution in [0.25, 0.3) is 0 Å². The highest BCUT2D eigenvalue weighted by molar-refractivity contribution is 8.02. The van der Waals surface area contributed by atoms with Gasteiger partial charge < -0.3 is 19.6 Å². The lowest BCUT2D eigenvalue weighted by Gasteiger charge is -2.41. The third-order valence-corrected chi connectivity index (χ3v) is 10.3. The number of rotatable bonds is 12. The van der Waals surface area contributed by atoms with Gasteiger partial charge in [0.05, 0.1) is 29.2 Å². The third-order valence-electron chi connectivity index (χ3n) is 8.31. The molecule has 2 unspecified atom stereocenters. The molecule has 2 amide bonds. The maximum atomic E-state index is 14.5. The van der Waals surface area contributed by atoms with E-state index in [1.54, 1.807) is 27.6 Å². The maximum Gasteiger partial charge on any atom is 0.311 e. The van der Waals surface area contributed by atoms with Crippen molar-refractivity contribution in [1.29, 1.82) is 0 Å². The topological polar surface area (TPSA) is 87.1 Å². The van der Waals surface area contributed by atoms with E-state index in [1.165, 1.54) is 6.08 Å². The Hall–Kier alpha value is -2.58. The van der Waals surface area contributed by atoms with Gasteiger partial charge in [-0.2, -0.15) is 0 Å². The van der Waals surface area contributed by atoms with E-state index in [0.29, 0.717) is 19.5 Å². The monoisotopic (exact) mass is 526 g/mol.